The van der Waals surface area contributed by atoms with Gasteiger partial charge in [-0.05, 0) is 34.8 Å². The first-order valence-electron chi connectivity index (χ1n) is 4.88. The maximum absolute atomic E-state index is 12.0. The molecule has 0 bridgehead atoms. The highest BCUT2D eigenvalue weighted by Gasteiger charge is 2.35. The second-order valence-electron chi connectivity index (χ2n) is 3.60. The molecule has 0 spiro atoms. The molecule has 86 valence electrons. The molecule has 1 aromatic rings. The quantitative estimate of drug-likeness (QED) is 0.899. The Balaban J connectivity index is 2.22. The third-order valence-electron chi connectivity index (χ3n) is 2.65. The Bertz CT molecular complexity index is 428. The fourth-order valence-corrected chi connectivity index (χ4v) is 2.28. The number of carboxylic acid groups (broad SMARTS) is 1. The first-order valence-corrected chi connectivity index (χ1v) is 5.67. The Morgan fingerprint density at radius 3 is 2.88 bits per heavy atom. The van der Waals surface area contributed by atoms with Crippen molar-refractivity contribution in [2.24, 2.45) is 0 Å². The maximum atomic E-state index is 12.0. The van der Waals surface area contributed by atoms with Gasteiger partial charge in [0, 0.05) is 6.54 Å². The molecule has 1 amide bonds. The number of nitrogens with zero attached hydrogens (tertiary/aromatic N) is 1. The standard InChI is InChI=1S/C10H10BrNO4/c11-8-6(3-5-16-8)9(13)12-4-1-2-7(12)10(14)15/h3,5,7H,1-2,4H2,(H,14,15)/t7-/m1/s1. The minimum atomic E-state index is -0.953. The van der Waals surface area contributed by atoms with E-state index in [4.69, 9.17) is 9.52 Å². The van der Waals surface area contributed by atoms with Crippen LogP contribution in [0.1, 0.15) is 23.2 Å². The third-order valence-corrected chi connectivity index (χ3v) is 3.26. The number of carbonyl (C=O) groups excluding carboxylic acids is 1. The van der Waals surface area contributed by atoms with Crippen molar-refractivity contribution in [3.05, 3.63) is 22.6 Å². The molecule has 1 fully saturated rings. The van der Waals surface area contributed by atoms with Crippen molar-refractivity contribution in [1.82, 2.24) is 4.90 Å². The van der Waals surface area contributed by atoms with Crippen molar-refractivity contribution >= 4 is 27.8 Å². The summed E-state index contributed by atoms with van der Waals surface area (Å²) in [6.07, 6.45) is 2.62. The van der Waals surface area contributed by atoms with Gasteiger partial charge in [0.05, 0.1) is 11.8 Å². The molecule has 0 aliphatic carbocycles. The molecule has 0 unspecified atom stereocenters. The molecule has 0 radical (unpaired) electrons. The minimum Gasteiger partial charge on any atom is -0.480 e. The van der Waals surface area contributed by atoms with Gasteiger partial charge >= 0.3 is 5.97 Å². The molecule has 2 heterocycles. The molecule has 2 rings (SSSR count). The zero-order chi connectivity index (χ0) is 11.7. The zero-order valence-corrected chi connectivity index (χ0v) is 9.94. The first kappa shape index (κ1) is 11.2. The Morgan fingerprint density at radius 2 is 2.31 bits per heavy atom. The fourth-order valence-electron chi connectivity index (χ4n) is 1.87. The number of carbonyl (C=O) groups is 2. The van der Waals surface area contributed by atoms with Gasteiger partial charge in [-0.1, -0.05) is 0 Å². The number of likely N-dealkylation sites (tertiary alicyclic amines) is 1. The summed E-state index contributed by atoms with van der Waals surface area (Å²) in [4.78, 5) is 24.3. The van der Waals surface area contributed by atoms with E-state index >= 15 is 0 Å². The second kappa shape index (κ2) is 4.29. The number of amides is 1. The summed E-state index contributed by atoms with van der Waals surface area (Å²) in [5.41, 5.74) is 0.369. The highest BCUT2D eigenvalue weighted by Crippen LogP contribution is 2.24. The van der Waals surface area contributed by atoms with Gasteiger partial charge < -0.3 is 14.4 Å². The van der Waals surface area contributed by atoms with Crippen LogP contribution in [-0.2, 0) is 4.79 Å². The van der Waals surface area contributed by atoms with Crippen LogP contribution < -0.4 is 0 Å². The van der Waals surface area contributed by atoms with Crippen LogP contribution in [0.2, 0.25) is 0 Å². The maximum Gasteiger partial charge on any atom is 0.326 e. The molecule has 1 aliphatic rings. The Morgan fingerprint density at radius 1 is 1.56 bits per heavy atom. The average molecular weight is 288 g/mol. The molecule has 0 aromatic carbocycles. The Kier molecular flexibility index (Phi) is 3.00. The predicted molar refractivity (Wildman–Crippen MR) is 58.1 cm³/mol. The first-order chi connectivity index (χ1) is 7.61. The predicted octanol–water partition coefficient (Wildman–Crippen LogP) is 1.73. The van der Waals surface area contributed by atoms with E-state index in [1.54, 1.807) is 0 Å². The van der Waals surface area contributed by atoms with Gasteiger partial charge in [0.25, 0.3) is 5.91 Å². The van der Waals surface area contributed by atoms with Gasteiger partial charge in [-0.3, -0.25) is 4.79 Å². The molecule has 1 N–H and O–H groups in total. The van der Waals surface area contributed by atoms with Crippen molar-refractivity contribution < 1.29 is 19.1 Å². The number of furan rings is 1. The highest BCUT2D eigenvalue weighted by atomic mass is 79.9. The van der Waals surface area contributed by atoms with Crippen LogP contribution in [0.5, 0.6) is 0 Å². The van der Waals surface area contributed by atoms with Crippen LogP contribution in [0.4, 0.5) is 0 Å². The number of halogens is 1. The fraction of sp³-hybridized carbons (Fsp3) is 0.400. The van der Waals surface area contributed by atoms with Crippen LogP contribution in [0.15, 0.2) is 21.4 Å². The Hall–Kier alpha value is -1.30. The summed E-state index contributed by atoms with van der Waals surface area (Å²) in [5.74, 6) is -1.25. The Labute approximate surface area is 100 Å². The van der Waals surface area contributed by atoms with Gasteiger partial charge in [0.1, 0.15) is 6.04 Å². The summed E-state index contributed by atoms with van der Waals surface area (Å²) in [6.45, 7) is 0.480. The molecule has 6 heteroatoms. The molecule has 1 aromatic heterocycles. The summed E-state index contributed by atoms with van der Waals surface area (Å²) >= 11 is 3.11. The number of hydrogen-bond acceptors (Lipinski definition) is 3. The van der Waals surface area contributed by atoms with Crippen molar-refractivity contribution in [1.29, 1.82) is 0 Å². The molecule has 1 aliphatic heterocycles. The summed E-state index contributed by atoms with van der Waals surface area (Å²) in [5, 5.41) is 8.97. The van der Waals surface area contributed by atoms with Gasteiger partial charge in [-0.25, -0.2) is 4.79 Å². The van der Waals surface area contributed by atoms with E-state index < -0.39 is 12.0 Å². The highest BCUT2D eigenvalue weighted by molar-refractivity contribution is 9.10. The molecule has 1 atom stereocenters. The zero-order valence-electron chi connectivity index (χ0n) is 8.35. The van der Waals surface area contributed by atoms with Crippen molar-refractivity contribution in [2.75, 3.05) is 6.54 Å². The van der Waals surface area contributed by atoms with Gasteiger partial charge in [0.15, 0.2) is 4.67 Å². The largest absolute Gasteiger partial charge is 0.480 e. The summed E-state index contributed by atoms with van der Waals surface area (Å²) in [7, 11) is 0. The molecular formula is C10H10BrNO4. The van der Waals surface area contributed by atoms with E-state index in [2.05, 4.69) is 15.9 Å². The van der Waals surface area contributed by atoms with E-state index in [-0.39, 0.29) is 5.91 Å². The summed E-state index contributed by atoms with van der Waals surface area (Å²) in [6, 6.07) is 0.818. The number of hydrogen-bond donors (Lipinski definition) is 1. The molecular weight excluding hydrogens is 278 g/mol. The smallest absolute Gasteiger partial charge is 0.326 e. The number of rotatable bonds is 2. The van der Waals surface area contributed by atoms with E-state index in [1.807, 2.05) is 0 Å². The SMILES string of the molecule is O=C(O)[C@H]1CCCN1C(=O)c1ccoc1Br. The van der Waals surface area contributed by atoms with Gasteiger partial charge in [-0.2, -0.15) is 0 Å². The van der Waals surface area contributed by atoms with E-state index in [9.17, 15) is 9.59 Å². The molecule has 5 nitrogen and oxygen atoms in total. The van der Waals surface area contributed by atoms with Crippen molar-refractivity contribution in [3.63, 3.8) is 0 Å². The lowest BCUT2D eigenvalue weighted by Gasteiger charge is -2.20. The average Bonchev–Trinajstić information content (AvgIpc) is 2.84. The van der Waals surface area contributed by atoms with E-state index in [0.29, 0.717) is 23.2 Å². The van der Waals surface area contributed by atoms with E-state index in [0.717, 1.165) is 6.42 Å². The monoisotopic (exact) mass is 287 g/mol. The number of aliphatic carboxylic acids is 1. The minimum absolute atomic E-state index is 0.300. The van der Waals surface area contributed by atoms with E-state index in [1.165, 1.54) is 17.2 Å². The van der Waals surface area contributed by atoms with Gasteiger partial charge in [-0.15, -0.1) is 0 Å². The van der Waals surface area contributed by atoms with Crippen LogP contribution >= 0.6 is 15.9 Å². The molecule has 1 saturated heterocycles. The van der Waals surface area contributed by atoms with Crippen LogP contribution in [0, 0.1) is 0 Å². The van der Waals surface area contributed by atoms with Crippen LogP contribution in [-0.4, -0.2) is 34.5 Å². The van der Waals surface area contributed by atoms with Crippen LogP contribution in [0.3, 0.4) is 0 Å². The lowest BCUT2D eigenvalue weighted by molar-refractivity contribution is -0.141. The van der Waals surface area contributed by atoms with Crippen molar-refractivity contribution in [2.45, 2.75) is 18.9 Å². The second-order valence-corrected chi connectivity index (χ2v) is 4.32. The lowest BCUT2D eigenvalue weighted by Crippen LogP contribution is -2.40. The molecule has 16 heavy (non-hydrogen) atoms. The normalized spacial score (nSPS) is 20.1. The lowest BCUT2D eigenvalue weighted by atomic mass is 10.2. The topological polar surface area (TPSA) is 70.8 Å². The third kappa shape index (κ3) is 1.84. The summed E-state index contributed by atoms with van der Waals surface area (Å²) < 4.78 is 5.30. The van der Waals surface area contributed by atoms with Gasteiger partial charge in [0.2, 0.25) is 0 Å². The molecule has 0 saturated carbocycles. The van der Waals surface area contributed by atoms with Crippen LogP contribution in [0.25, 0.3) is 0 Å². The number of carboxylic acids is 1. The van der Waals surface area contributed by atoms with Crippen molar-refractivity contribution in [3.8, 4) is 0 Å².